The number of hydrogen-bond donors (Lipinski definition) is 1. The minimum Gasteiger partial charge on any atom is -0.493 e. The zero-order valence-electron chi connectivity index (χ0n) is 12.2. The Labute approximate surface area is 125 Å². The lowest BCUT2D eigenvalue weighted by atomic mass is 9.94. The lowest BCUT2D eigenvalue weighted by molar-refractivity contribution is -0.139. The average molecular weight is 284 g/mol. The molecule has 0 bridgehead atoms. The van der Waals surface area contributed by atoms with Gasteiger partial charge in [-0.05, 0) is 37.0 Å². The minimum absolute atomic E-state index is 0.466. The summed E-state index contributed by atoms with van der Waals surface area (Å²) >= 11 is 0. The van der Waals surface area contributed by atoms with E-state index in [1.165, 1.54) is 0 Å². The summed E-state index contributed by atoms with van der Waals surface area (Å²) in [4.78, 5) is 11.4. The molecule has 21 heavy (non-hydrogen) atoms. The van der Waals surface area contributed by atoms with Crippen molar-refractivity contribution in [2.75, 3.05) is 6.61 Å². The number of rotatable bonds is 7. The number of carboxylic acid groups (broad SMARTS) is 1. The van der Waals surface area contributed by atoms with E-state index in [0.717, 1.165) is 16.9 Å². The molecule has 0 saturated carbocycles. The zero-order chi connectivity index (χ0) is 15.1. The van der Waals surface area contributed by atoms with Crippen LogP contribution in [0.1, 0.15) is 29.9 Å². The summed E-state index contributed by atoms with van der Waals surface area (Å²) in [6, 6.07) is 17.2. The molecule has 0 aromatic heterocycles. The van der Waals surface area contributed by atoms with E-state index in [4.69, 9.17) is 4.74 Å². The van der Waals surface area contributed by atoms with Gasteiger partial charge in [0, 0.05) is 0 Å². The summed E-state index contributed by atoms with van der Waals surface area (Å²) < 4.78 is 5.71. The summed E-state index contributed by atoms with van der Waals surface area (Å²) in [6.07, 6.45) is 1.28. The number of ether oxygens (including phenoxy) is 1. The Balaban J connectivity index is 1.86. The molecule has 3 nitrogen and oxygen atoms in total. The first-order chi connectivity index (χ1) is 10.2. The van der Waals surface area contributed by atoms with Gasteiger partial charge in [0.1, 0.15) is 5.75 Å². The Morgan fingerprint density at radius 2 is 1.76 bits per heavy atom. The van der Waals surface area contributed by atoms with E-state index >= 15 is 0 Å². The van der Waals surface area contributed by atoms with E-state index < -0.39 is 11.9 Å². The summed E-state index contributed by atoms with van der Waals surface area (Å²) in [5, 5.41) is 9.35. The molecule has 0 aliphatic rings. The fraction of sp³-hybridized carbons (Fsp3) is 0.278. The van der Waals surface area contributed by atoms with E-state index in [0.29, 0.717) is 19.4 Å². The van der Waals surface area contributed by atoms with Crippen molar-refractivity contribution in [1.29, 1.82) is 0 Å². The van der Waals surface area contributed by atoms with Crippen LogP contribution in [0.5, 0.6) is 5.75 Å². The van der Waals surface area contributed by atoms with E-state index in [1.807, 2.05) is 61.5 Å². The third-order valence-corrected chi connectivity index (χ3v) is 3.49. The smallest absolute Gasteiger partial charge is 0.310 e. The van der Waals surface area contributed by atoms with E-state index in [9.17, 15) is 9.90 Å². The Hall–Kier alpha value is -2.29. The molecule has 2 aromatic rings. The van der Waals surface area contributed by atoms with Crippen molar-refractivity contribution in [3.05, 3.63) is 65.7 Å². The molecule has 3 heteroatoms. The van der Waals surface area contributed by atoms with Crippen LogP contribution in [-0.4, -0.2) is 17.7 Å². The lowest BCUT2D eigenvalue weighted by Gasteiger charge is -2.13. The van der Waals surface area contributed by atoms with Crippen molar-refractivity contribution in [2.24, 2.45) is 0 Å². The number of carbonyl (C=O) groups is 1. The summed E-state index contributed by atoms with van der Waals surface area (Å²) in [5.74, 6) is -0.382. The summed E-state index contributed by atoms with van der Waals surface area (Å²) in [5.41, 5.74) is 1.94. The van der Waals surface area contributed by atoms with Crippen LogP contribution >= 0.6 is 0 Å². The van der Waals surface area contributed by atoms with E-state index in [-0.39, 0.29) is 0 Å². The molecule has 1 unspecified atom stereocenters. The molecule has 0 amide bonds. The number of hydrogen-bond acceptors (Lipinski definition) is 2. The molecular weight excluding hydrogens is 264 g/mol. The predicted octanol–water partition coefficient (Wildman–Crippen LogP) is 4.02. The van der Waals surface area contributed by atoms with Gasteiger partial charge in [0.25, 0.3) is 0 Å². The number of aliphatic carboxylic acids is 1. The molecule has 0 radical (unpaired) electrons. The molecular formula is C18H20O3. The Morgan fingerprint density at radius 1 is 1.10 bits per heavy atom. The molecule has 0 aliphatic carbocycles. The van der Waals surface area contributed by atoms with Crippen molar-refractivity contribution < 1.29 is 14.6 Å². The fourth-order valence-electron chi connectivity index (χ4n) is 2.31. The quantitative estimate of drug-likeness (QED) is 0.781. The van der Waals surface area contributed by atoms with E-state index in [1.54, 1.807) is 0 Å². The van der Waals surface area contributed by atoms with Gasteiger partial charge < -0.3 is 9.84 Å². The summed E-state index contributed by atoms with van der Waals surface area (Å²) in [7, 11) is 0. The number of para-hydroxylation sites is 1. The highest BCUT2D eigenvalue weighted by atomic mass is 16.5. The number of aryl methyl sites for hydroxylation is 1. The van der Waals surface area contributed by atoms with Crippen molar-refractivity contribution in [3.8, 4) is 5.75 Å². The minimum atomic E-state index is -0.780. The highest BCUT2D eigenvalue weighted by Crippen LogP contribution is 2.22. The summed E-state index contributed by atoms with van der Waals surface area (Å²) in [6.45, 7) is 2.53. The molecule has 1 N–H and O–H groups in total. The highest BCUT2D eigenvalue weighted by Gasteiger charge is 2.18. The van der Waals surface area contributed by atoms with Crippen LogP contribution in [0.15, 0.2) is 54.6 Å². The maximum Gasteiger partial charge on any atom is 0.310 e. The molecule has 1 atom stereocenters. The second-order valence-electron chi connectivity index (χ2n) is 5.06. The van der Waals surface area contributed by atoms with Gasteiger partial charge in [0.15, 0.2) is 0 Å². The average Bonchev–Trinajstić information content (AvgIpc) is 2.49. The van der Waals surface area contributed by atoms with Gasteiger partial charge >= 0.3 is 5.97 Å². The molecule has 0 saturated heterocycles. The van der Waals surface area contributed by atoms with Crippen LogP contribution in [0.4, 0.5) is 0 Å². The largest absolute Gasteiger partial charge is 0.493 e. The molecule has 0 aliphatic heterocycles. The normalized spacial score (nSPS) is 11.9. The second-order valence-corrected chi connectivity index (χ2v) is 5.06. The molecule has 2 rings (SSSR count). The van der Waals surface area contributed by atoms with Crippen LogP contribution in [0.2, 0.25) is 0 Å². The van der Waals surface area contributed by atoms with Crippen molar-refractivity contribution in [1.82, 2.24) is 0 Å². The predicted molar refractivity (Wildman–Crippen MR) is 82.7 cm³/mol. The van der Waals surface area contributed by atoms with Gasteiger partial charge in [-0.2, -0.15) is 0 Å². The van der Waals surface area contributed by atoms with Gasteiger partial charge in [0.2, 0.25) is 0 Å². The van der Waals surface area contributed by atoms with E-state index in [2.05, 4.69) is 0 Å². The SMILES string of the molecule is Cc1ccccc1OCCCC(C(=O)O)c1ccccc1. The Kier molecular flexibility index (Phi) is 5.38. The van der Waals surface area contributed by atoms with Gasteiger partial charge in [-0.25, -0.2) is 0 Å². The van der Waals surface area contributed by atoms with Crippen LogP contribution < -0.4 is 4.74 Å². The molecule has 0 fully saturated rings. The third-order valence-electron chi connectivity index (χ3n) is 3.49. The third kappa shape index (κ3) is 4.35. The van der Waals surface area contributed by atoms with Gasteiger partial charge in [-0.15, -0.1) is 0 Å². The fourth-order valence-corrected chi connectivity index (χ4v) is 2.31. The van der Waals surface area contributed by atoms with Gasteiger partial charge in [-0.1, -0.05) is 48.5 Å². The Morgan fingerprint density at radius 3 is 2.43 bits per heavy atom. The highest BCUT2D eigenvalue weighted by molar-refractivity contribution is 5.75. The zero-order valence-corrected chi connectivity index (χ0v) is 12.2. The standard InChI is InChI=1S/C18H20O3/c1-14-8-5-6-12-17(14)21-13-7-11-16(18(19)20)15-9-3-2-4-10-15/h2-6,8-10,12,16H,7,11,13H2,1H3,(H,19,20). The maximum atomic E-state index is 11.4. The first kappa shape index (κ1) is 15.1. The second kappa shape index (κ2) is 7.48. The lowest BCUT2D eigenvalue weighted by Crippen LogP contribution is -2.13. The molecule has 110 valence electrons. The van der Waals surface area contributed by atoms with Gasteiger partial charge in [0.05, 0.1) is 12.5 Å². The van der Waals surface area contributed by atoms with Crippen LogP contribution in [0.25, 0.3) is 0 Å². The van der Waals surface area contributed by atoms with Crippen LogP contribution in [-0.2, 0) is 4.79 Å². The van der Waals surface area contributed by atoms with Crippen molar-refractivity contribution in [3.63, 3.8) is 0 Å². The number of benzene rings is 2. The number of carboxylic acids is 1. The molecule has 0 heterocycles. The van der Waals surface area contributed by atoms with Crippen LogP contribution in [0.3, 0.4) is 0 Å². The Bertz CT molecular complexity index is 578. The maximum absolute atomic E-state index is 11.4. The van der Waals surface area contributed by atoms with Crippen LogP contribution in [0, 0.1) is 6.92 Å². The van der Waals surface area contributed by atoms with Crippen molar-refractivity contribution in [2.45, 2.75) is 25.7 Å². The molecule has 0 spiro atoms. The van der Waals surface area contributed by atoms with Gasteiger partial charge in [-0.3, -0.25) is 4.79 Å². The first-order valence-corrected chi connectivity index (χ1v) is 7.14. The molecule has 2 aromatic carbocycles. The van der Waals surface area contributed by atoms with Crippen molar-refractivity contribution >= 4 is 5.97 Å². The monoisotopic (exact) mass is 284 g/mol. The topological polar surface area (TPSA) is 46.5 Å². The first-order valence-electron chi connectivity index (χ1n) is 7.14.